The normalized spacial score (nSPS) is 10.6. The first-order chi connectivity index (χ1) is 12.0. The number of quaternary nitrogens is 1. The fraction of sp³-hybridized carbons (Fsp3) is 0.800. The molecule has 0 radical (unpaired) electrons. The number of alkyl halides is 3. The van der Waals surface area contributed by atoms with Gasteiger partial charge in [0.1, 0.15) is 16.0 Å². The number of ether oxygens (including phenoxy) is 3. The van der Waals surface area contributed by atoms with Crippen LogP contribution in [0.5, 0.6) is 0 Å². The number of hydrogen-bond acceptors (Lipinski definition) is 6. The first-order valence-corrected chi connectivity index (χ1v) is 11.4. The molecular formula is C15H25Br3NO6+. The zero-order valence-electron chi connectivity index (χ0n) is 14.1. The molecule has 0 aliphatic rings. The molecule has 0 heterocycles. The van der Waals surface area contributed by atoms with Crippen molar-refractivity contribution < 1.29 is 33.5 Å². The topological polar surface area (TPSA) is 83.3 Å². The molecule has 0 aromatic rings. The summed E-state index contributed by atoms with van der Waals surface area (Å²) in [6.07, 6.45) is 2.24. The van der Waals surface area contributed by atoms with Crippen LogP contribution >= 0.6 is 47.8 Å². The lowest BCUT2D eigenvalue weighted by Gasteiger charge is -2.19. The van der Waals surface area contributed by atoms with Crippen LogP contribution in [0.3, 0.4) is 0 Å². The molecule has 0 rings (SSSR count). The van der Waals surface area contributed by atoms with Crippen LogP contribution in [0.2, 0.25) is 0 Å². The Balaban J connectivity index is 4.05. The number of esters is 3. The quantitative estimate of drug-likeness (QED) is 0.140. The van der Waals surface area contributed by atoms with E-state index >= 15 is 0 Å². The lowest BCUT2D eigenvalue weighted by Crippen LogP contribution is -3.12. The third kappa shape index (κ3) is 15.8. The molecule has 0 unspecified atom stereocenters. The van der Waals surface area contributed by atoms with E-state index in [0.717, 1.165) is 38.9 Å². The fourth-order valence-electron chi connectivity index (χ4n) is 2.02. The SMILES string of the molecule is O=C(CBr)OCCC[NH+](CCCOC(=O)CBr)CCCOC(=O)CBr. The molecule has 0 bridgehead atoms. The molecule has 0 aromatic carbocycles. The van der Waals surface area contributed by atoms with Gasteiger partial charge in [-0.3, -0.25) is 14.4 Å². The molecule has 146 valence electrons. The molecule has 0 amide bonds. The number of hydrogen-bond donors (Lipinski definition) is 1. The van der Waals surface area contributed by atoms with Gasteiger partial charge in [0.2, 0.25) is 0 Å². The summed E-state index contributed by atoms with van der Waals surface area (Å²) in [5.41, 5.74) is 0. The van der Waals surface area contributed by atoms with Crippen LogP contribution in [-0.2, 0) is 28.6 Å². The molecule has 0 saturated heterocycles. The van der Waals surface area contributed by atoms with Crippen LogP contribution < -0.4 is 4.90 Å². The molecule has 0 aliphatic carbocycles. The van der Waals surface area contributed by atoms with Gasteiger partial charge in [-0.15, -0.1) is 0 Å². The van der Waals surface area contributed by atoms with Crippen molar-refractivity contribution in [3.8, 4) is 0 Å². The summed E-state index contributed by atoms with van der Waals surface area (Å²) < 4.78 is 15.1. The Morgan fingerprint density at radius 2 is 0.880 bits per heavy atom. The molecule has 0 atom stereocenters. The van der Waals surface area contributed by atoms with E-state index in [0.29, 0.717) is 19.8 Å². The predicted molar refractivity (Wildman–Crippen MR) is 104 cm³/mol. The maximum absolute atomic E-state index is 11.1. The highest BCUT2D eigenvalue weighted by Gasteiger charge is 2.11. The van der Waals surface area contributed by atoms with Crippen molar-refractivity contribution >= 4 is 65.7 Å². The van der Waals surface area contributed by atoms with Crippen LogP contribution in [0.4, 0.5) is 0 Å². The van der Waals surface area contributed by atoms with E-state index in [-0.39, 0.29) is 33.9 Å². The fourth-order valence-corrected chi connectivity index (χ4v) is 2.50. The largest absolute Gasteiger partial charge is 0.465 e. The average molecular weight is 555 g/mol. The third-order valence-electron chi connectivity index (χ3n) is 3.14. The second-order valence-corrected chi connectivity index (χ2v) is 6.81. The van der Waals surface area contributed by atoms with Crippen molar-refractivity contribution in [1.82, 2.24) is 0 Å². The molecule has 0 spiro atoms. The van der Waals surface area contributed by atoms with Crippen molar-refractivity contribution in [3.05, 3.63) is 0 Å². The summed E-state index contributed by atoms with van der Waals surface area (Å²) in [5, 5.41) is 0.588. The minimum atomic E-state index is -0.273. The average Bonchev–Trinajstić information content (AvgIpc) is 2.63. The van der Waals surface area contributed by atoms with Crippen LogP contribution in [0, 0.1) is 0 Å². The van der Waals surface area contributed by atoms with Gasteiger partial charge in [0.05, 0.1) is 39.5 Å². The Labute approximate surface area is 173 Å². The minimum Gasteiger partial charge on any atom is -0.465 e. The standard InChI is InChI=1S/C15H24Br3NO6/c16-10-13(20)23-7-1-4-19(5-2-8-24-14(21)11-17)6-3-9-25-15(22)12-18/h1-12H2/p+1. The Kier molecular flexibility index (Phi) is 17.1. The maximum atomic E-state index is 11.1. The first-order valence-electron chi connectivity index (χ1n) is 8.01. The van der Waals surface area contributed by atoms with Gasteiger partial charge in [-0.2, -0.15) is 0 Å². The van der Waals surface area contributed by atoms with Gasteiger partial charge >= 0.3 is 17.9 Å². The van der Waals surface area contributed by atoms with E-state index in [1.165, 1.54) is 4.90 Å². The van der Waals surface area contributed by atoms with E-state index in [1.807, 2.05) is 0 Å². The van der Waals surface area contributed by atoms with Crippen molar-refractivity contribution in [2.24, 2.45) is 0 Å². The van der Waals surface area contributed by atoms with E-state index in [9.17, 15) is 14.4 Å². The first kappa shape index (κ1) is 24.8. The highest BCUT2D eigenvalue weighted by Crippen LogP contribution is 1.90. The Hall–Kier alpha value is -0.190. The van der Waals surface area contributed by atoms with Crippen LogP contribution in [-0.4, -0.2) is 73.4 Å². The smallest absolute Gasteiger partial charge is 0.316 e. The van der Waals surface area contributed by atoms with Gasteiger partial charge in [-0.05, 0) is 0 Å². The van der Waals surface area contributed by atoms with Gasteiger partial charge in [0.25, 0.3) is 0 Å². The maximum Gasteiger partial charge on any atom is 0.316 e. The predicted octanol–water partition coefficient (Wildman–Crippen LogP) is 0.856. The van der Waals surface area contributed by atoms with Crippen LogP contribution in [0.1, 0.15) is 19.3 Å². The van der Waals surface area contributed by atoms with Gasteiger partial charge in [0.15, 0.2) is 0 Å². The van der Waals surface area contributed by atoms with Gasteiger partial charge in [-0.25, -0.2) is 0 Å². The molecule has 7 nitrogen and oxygen atoms in total. The number of rotatable bonds is 15. The number of carbonyl (C=O) groups excluding carboxylic acids is 3. The number of carbonyl (C=O) groups is 3. The Bertz CT molecular complexity index is 340. The van der Waals surface area contributed by atoms with Gasteiger partial charge < -0.3 is 19.1 Å². The Morgan fingerprint density at radius 3 is 1.12 bits per heavy atom. The van der Waals surface area contributed by atoms with Crippen molar-refractivity contribution in [3.63, 3.8) is 0 Å². The van der Waals surface area contributed by atoms with Crippen molar-refractivity contribution in [1.29, 1.82) is 0 Å². The highest BCUT2D eigenvalue weighted by atomic mass is 79.9. The van der Waals surface area contributed by atoms with Crippen molar-refractivity contribution in [2.75, 3.05) is 55.4 Å². The van der Waals surface area contributed by atoms with Crippen LogP contribution in [0.25, 0.3) is 0 Å². The minimum absolute atomic E-state index is 0.196. The summed E-state index contributed by atoms with van der Waals surface area (Å²) in [6.45, 7) is 3.62. The second-order valence-electron chi connectivity index (χ2n) is 5.12. The lowest BCUT2D eigenvalue weighted by molar-refractivity contribution is -0.900. The van der Waals surface area contributed by atoms with Gasteiger partial charge in [0, 0.05) is 19.3 Å². The summed E-state index contributed by atoms with van der Waals surface area (Å²) in [7, 11) is 0. The molecule has 0 aromatic heterocycles. The van der Waals surface area contributed by atoms with E-state index < -0.39 is 0 Å². The zero-order chi connectivity index (χ0) is 18.9. The molecule has 0 aliphatic heterocycles. The van der Waals surface area contributed by atoms with E-state index in [2.05, 4.69) is 47.8 Å². The molecular weight excluding hydrogens is 530 g/mol. The van der Waals surface area contributed by atoms with Gasteiger partial charge in [-0.1, -0.05) is 47.8 Å². The second kappa shape index (κ2) is 17.2. The Morgan fingerprint density at radius 1 is 0.600 bits per heavy atom. The molecule has 1 N–H and O–H groups in total. The van der Waals surface area contributed by atoms with E-state index in [4.69, 9.17) is 14.2 Å². The highest BCUT2D eigenvalue weighted by molar-refractivity contribution is 9.09. The summed E-state index contributed by atoms with van der Waals surface area (Å²) in [5.74, 6) is -0.820. The van der Waals surface area contributed by atoms with Crippen molar-refractivity contribution in [2.45, 2.75) is 19.3 Å². The summed E-state index contributed by atoms with van der Waals surface area (Å²) in [4.78, 5) is 34.5. The lowest BCUT2D eigenvalue weighted by atomic mass is 10.3. The number of nitrogens with one attached hydrogen (secondary N) is 1. The molecule has 10 heteroatoms. The van der Waals surface area contributed by atoms with Crippen LogP contribution in [0.15, 0.2) is 0 Å². The monoisotopic (exact) mass is 552 g/mol. The summed E-state index contributed by atoms with van der Waals surface area (Å²) in [6, 6.07) is 0. The zero-order valence-corrected chi connectivity index (χ0v) is 18.8. The number of halogens is 3. The molecule has 0 fully saturated rings. The van der Waals surface area contributed by atoms with E-state index in [1.54, 1.807) is 0 Å². The molecule has 25 heavy (non-hydrogen) atoms. The third-order valence-corrected chi connectivity index (χ3v) is 4.51. The summed E-state index contributed by atoms with van der Waals surface area (Å²) >= 11 is 9.14. The molecule has 0 saturated carbocycles.